The minimum atomic E-state index is 0. The molecule has 1 fully saturated rings. The van der Waals surface area contributed by atoms with Crippen LogP contribution in [0.4, 0.5) is 5.82 Å². The van der Waals surface area contributed by atoms with E-state index in [2.05, 4.69) is 81.6 Å². The topological polar surface area (TPSA) is 65.0 Å². The first-order valence-electron chi connectivity index (χ1n) is 11.1. The van der Waals surface area contributed by atoms with E-state index in [-0.39, 0.29) is 24.0 Å². The molecule has 1 aliphatic heterocycles. The van der Waals surface area contributed by atoms with Gasteiger partial charge in [0, 0.05) is 58.1 Å². The van der Waals surface area contributed by atoms with E-state index in [4.69, 9.17) is 4.74 Å². The van der Waals surface area contributed by atoms with Crippen molar-refractivity contribution >= 4 is 35.8 Å². The van der Waals surface area contributed by atoms with Crippen LogP contribution >= 0.6 is 24.0 Å². The Kier molecular flexibility index (Phi) is 11.0. The van der Waals surface area contributed by atoms with Gasteiger partial charge in [0.2, 0.25) is 0 Å². The molecule has 1 aromatic heterocycles. The van der Waals surface area contributed by atoms with E-state index in [0.29, 0.717) is 13.1 Å². The lowest BCUT2D eigenvalue weighted by atomic mass is 10.1. The molecule has 0 unspecified atom stereocenters. The van der Waals surface area contributed by atoms with Gasteiger partial charge < -0.3 is 25.2 Å². The number of rotatable bonds is 8. The quantitative estimate of drug-likeness (QED) is 0.298. The summed E-state index contributed by atoms with van der Waals surface area (Å²) in [7, 11) is 3.95. The molecular formula is C24H37IN6O. The van der Waals surface area contributed by atoms with Gasteiger partial charge in [0.15, 0.2) is 5.96 Å². The first-order chi connectivity index (χ1) is 15.1. The summed E-state index contributed by atoms with van der Waals surface area (Å²) < 4.78 is 5.91. The van der Waals surface area contributed by atoms with Crippen LogP contribution in [0.5, 0.6) is 5.75 Å². The smallest absolute Gasteiger partial charge is 0.191 e. The second kappa shape index (κ2) is 13.5. The zero-order chi connectivity index (χ0) is 22.1. The Labute approximate surface area is 209 Å². The Hall–Kier alpha value is -2.07. The molecule has 2 heterocycles. The first-order valence-corrected chi connectivity index (χ1v) is 11.1. The number of pyridine rings is 1. The Morgan fingerprint density at radius 3 is 2.50 bits per heavy atom. The molecule has 3 rings (SSSR count). The molecule has 2 aromatic rings. The molecule has 0 saturated carbocycles. The van der Waals surface area contributed by atoms with Crippen molar-refractivity contribution in [2.24, 2.45) is 4.99 Å². The summed E-state index contributed by atoms with van der Waals surface area (Å²) in [4.78, 5) is 13.7. The predicted molar refractivity (Wildman–Crippen MR) is 143 cm³/mol. The molecule has 1 saturated heterocycles. The monoisotopic (exact) mass is 552 g/mol. The number of piperazine rings is 1. The van der Waals surface area contributed by atoms with Crippen molar-refractivity contribution in [1.82, 2.24) is 20.5 Å². The minimum absolute atomic E-state index is 0. The van der Waals surface area contributed by atoms with Crippen LogP contribution in [0.25, 0.3) is 0 Å². The van der Waals surface area contributed by atoms with Crippen molar-refractivity contribution < 1.29 is 4.74 Å². The van der Waals surface area contributed by atoms with E-state index in [1.54, 1.807) is 7.05 Å². The maximum atomic E-state index is 5.91. The number of guanidine groups is 1. The molecule has 0 amide bonds. The van der Waals surface area contributed by atoms with Gasteiger partial charge >= 0.3 is 0 Å². The highest BCUT2D eigenvalue weighted by molar-refractivity contribution is 14.0. The lowest BCUT2D eigenvalue weighted by Gasteiger charge is -2.33. The number of hydrogen-bond donors (Lipinski definition) is 2. The van der Waals surface area contributed by atoms with Crippen molar-refractivity contribution in [1.29, 1.82) is 0 Å². The molecule has 176 valence electrons. The van der Waals surface area contributed by atoms with E-state index in [1.165, 1.54) is 5.56 Å². The second-order valence-corrected chi connectivity index (χ2v) is 8.05. The minimum Gasteiger partial charge on any atom is -0.493 e. The zero-order valence-electron chi connectivity index (χ0n) is 19.7. The average Bonchev–Trinajstić information content (AvgIpc) is 2.79. The van der Waals surface area contributed by atoms with E-state index < -0.39 is 0 Å². The number of halogens is 1. The summed E-state index contributed by atoms with van der Waals surface area (Å²) in [6.07, 6.45) is 2.94. The third kappa shape index (κ3) is 7.81. The Balaban J connectivity index is 0.00000363. The normalized spacial score (nSPS) is 14.6. The SMILES string of the molecule is CCCOc1cc(C)ccc1CNC(=NC)NCc1ccc(N2CCN(C)CC2)nc1.I. The van der Waals surface area contributed by atoms with E-state index in [1.807, 2.05) is 6.20 Å². The van der Waals surface area contributed by atoms with Crippen molar-refractivity contribution in [3.05, 3.63) is 53.2 Å². The Bertz CT molecular complexity index is 850. The van der Waals surface area contributed by atoms with Crippen LogP contribution in [-0.2, 0) is 13.1 Å². The summed E-state index contributed by atoms with van der Waals surface area (Å²) in [6.45, 7) is 10.5. The summed E-state index contributed by atoms with van der Waals surface area (Å²) >= 11 is 0. The number of likely N-dealkylation sites (N-methyl/N-ethyl adjacent to an activating group) is 1. The summed E-state index contributed by atoms with van der Waals surface area (Å²) in [5.74, 6) is 2.75. The fourth-order valence-electron chi connectivity index (χ4n) is 3.48. The highest BCUT2D eigenvalue weighted by Crippen LogP contribution is 2.20. The molecular weight excluding hydrogens is 515 g/mol. The summed E-state index contributed by atoms with van der Waals surface area (Å²) in [6, 6.07) is 10.6. The molecule has 7 nitrogen and oxygen atoms in total. The van der Waals surface area contributed by atoms with Crippen LogP contribution in [-0.4, -0.2) is 62.7 Å². The maximum Gasteiger partial charge on any atom is 0.191 e. The van der Waals surface area contributed by atoms with Gasteiger partial charge in [0.1, 0.15) is 11.6 Å². The number of benzene rings is 1. The van der Waals surface area contributed by atoms with Gasteiger partial charge in [-0.1, -0.05) is 25.1 Å². The van der Waals surface area contributed by atoms with Gasteiger partial charge in [0.25, 0.3) is 0 Å². The highest BCUT2D eigenvalue weighted by Gasteiger charge is 2.15. The second-order valence-electron chi connectivity index (χ2n) is 8.05. The van der Waals surface area contributed by atoms with Gasteiger partial charge in [0.05, 0.1) is 6.61 Å². The van der Waals surface area contributed by atoms with Crippen molar-refractivity contribution in [3.8, 4) is 5.75 Å². The van der Waals surface area contributed by atoms with E-state index in [0.717, 1.165) is 67.9 Å². The van der Waals surface area contributed by atoms with Crippen molar-refractivity contribution in [2.45, 2.75) is 33.4 Å². The van der Waals surface area contributed by atoms with Crippen molar-refractivity contribution in [2.75, 3.05) is 51.8 Å². The Morgan fingerprint density at radius 1 is 1.09 bits per heavy atom. The van der Waals surface area contributed by atoms with Crippen LogP contribution in [0.2, 0.25) is 0 Å². The molecule has 1 aliphatic rings. The Morgan fingerprint density at radius 2 is 1.84 bits per heavy atom. The van der Waals surface area contributed by atoms with Crippen LogP contribution in [0.1, 0.15) is 30.0 Å². The van der Waals surface area contributed by atoms with Crippen LogP contribution < -0.4 is 20.3 Å². The zero-order valence-corrected chi connectivity index (χ0v) is 22.1. The number of anilines is 1. The molecule has 0 bridgehead atoms. The molecule has 8 heteroatoms. The lowest BCUT2D eigenvalue weighted by molar-refractivity contribution is 0.312. The van der Waals surface area contributed by atoms with Gasteiger partial charge in [-0.3, -0.25) is 4.99 Å². The number of hydrogen-bond acceptors (Lipinski definition) is 5. The van der Waals surface area contributed by atoms with Gasteiger partial charge in [-0.05, 0) is 43.7 Å². The van der Waals surface area contributed by atoms with E-state index >= 15 is 0 Å². The van der Waals surface area contributed by atoms with E-state index in [9.17, 15) is 0 Å². The van der Waals surface area contributed by atoms with Gasteiger partial charge in [-0.15, -0.1) is 24.0 Å². The number of aliphatic imine (C=N–C) groups is 1. The fourth-order valence-corrected chi connectivity index (χ4v) is 3.48. The first kappa shape index (κ1) is 26.2. The standard InChI is InChI=1S/C24H36N6O.HI/c1-5-14-31-22-15-19(2)6-8-21(22)18-28-24(25-3)27-17-20-7-9-23(26-16-20)30-12-10-29(4)11-13-30;/h6-9,15-16H,5,10-14,17-18H2,1-4H3,(H2,25,27,28);1H. The van der Waals surface area contributed by atoms with Gasteiger partial charge in [-0.25, -0.2) is 4.98 Å². The average molecular weight is 553 g/mol. The lowest BCUT2D eigenvalue weighted by Crippen LogP contribution is -2.44. The van der Waals surface area contributed by atoms with Gasteiger partial charge in [-0.2, -0.15) is 0 Å². The number of nitrogens with zero attached hydrogens (tertiary/aromatic N) is 4. The number of nitrogens with one attached hydrogen (secondary N) is 2. The molecule has 0 atom stereocenters. The fraction of sp³-hybridized carbons (Fsp3) is 0.500. The third-order valence-electron chi connectivity index (χ3n) is 5.45. The molecule has 0 radical (unpaired) electrons. The van der Waals surface area contributed by atoms with Crippen LogP contribution in [0.3, 0.4) is 0 Å². The van der Waals surface area contributed by atoms with Crippen molar-refractivity contribution in [3.63, 3.8) is 0 Å². The van der Waals surface area contributed by atoms with Crippen LogP contribution in [0.15, 0.2) is 41.5 Å². The summed E-state index contributed by atoms with van der Waals surface area (Å²) in [5, 5.41) is 6.76. The molecule has 0 aliphatic carbocycles. The largest absolute Gasteiger partial charge is 0.493 e. The highest BCUT2D eigenvalue weighted by atomic mass is 127. The summed E-state index contributed by atoms with van der Waals surface area (Å²) in [5.41, 5.74) is 3.45. The molecule has 2 N–H and O–H groups in total. The molecule has 0 spiro atoms. The molecule has 1 aromatic carbocycles. The number of aryl methyl sites for hydroxylation is 1. The predicted octanol–water partition coefficient (Wildman–Crippen LogP) is 3.41. The van der Waals surface area contributed by atoms with Crippen LogP contribution in [0, 0.1) is 6.92 Å². The maximum absolute atomic E-state index is 5.91. The third-order valence-corrected chi connectivity index (χ3v) is 5.45. The molecule has 32 heavy (non-hydrogen) atoms. The number of ether oxygens (including phenoxy) is 1. The number of aromatic nitrogens is 1.